The summed E-state index contributed by atoms with van der Waals surface area (Å²) in [5, 5.41) is 13.4. The standard InChI is InChI=1S/C18H21N3O3/c1-12-5-3-6-15(9-12)21-13(2)16(11-19-21)18(24)20-8-4-7-14(20)10-17(22)23/h3,5-6,9,11,14H,4,7-8,10H2,1-2H3,(H,22,23). The van der Waals surface area contributed by atoms with E-state index in [2.05, 4.69) is 5.10 Å². The van der Waals surface area contributed by atoms with E-state index in [4.69, 9.17) is 5.11 Å². The van der Waals surface area contributed by atoms with Crippen LogP contribution in [0.15, 0.2) is 30.5 Å². The Bertz CT molecular complexity index is 782. The van der Waals surface area contributed by atoms with Crippen molar-refractivity contribution < 1.29 is 14.7 Å². The Balaban J connectivity index is 1.88. The number of nitrogens with zero attached hydrogens (tertiary/aromatic N) is 3. The number of rotatable bonds is 4. The van der Waals surface area contributed by atoms with Crippen LogP contribution in [0, 0.1) is 13.8 Å². The summed E-state index contributed by atoms with van der Waals surface area (Å²) in [4.78, 5) is 25.5. The SMILES string of the molecule is Cc1cccc(-n2ncc(C(=O)N3CCCC3CC(=O)O)c2C)c1. The van der Waals surface area contributed by atoms with Crippen molar-refractivity contribution in [2.75, 3.05) is 6.54 Å². The number of aromatic nitrogens is 2. The quantitative estimate of drug-likeness (QED) is 0.936. The highest BCUT2D eigenvalue weighted by molar-refractivity contribution is 5.95. The number of hydrogen-bond donors (Lipinski definition) is 1. The van der Waals surface area contributed by atoms with Gasteiger partial charge in [0.15, 0.2) is 0 Å². The van der Waals surface area contributed by atoms with Crippen molar-refractivity contribution in [2.24, 2.45) is 0 Å². The lowest BCUT2D eigenvalue weighted by Gasteiger charge is -2.23. The van der Waals surface area contributed by atoms with E-state index in [-0.39, 0.29) is 18.4 Å². The van der Waals surface area contributed by atoms with Crippen LogP contribution in [0.1, 0.15) is 40.9 Å². The zero-order valence-corrected chi connectivity index (χ0v) is 13.9. The zero-order valence-electron chi connectivity index (χ0n) is 13.9. The molecule has 2 aromatic rings. The Hall–Kier alpha value is -2.63. The van der Waals surface area contributed by atoms with Crippen LogP contribution >= 0.6 is 0 Å². The van der Waals surface area contributed by atoms with Crippen LogP contribution in [0.3, 0.4) is 0 Å². The second-order valence-electron chi connectivity index (χ2n) is 6.29. The summed E-state index contributed by atoms with van der Waals surface area (Å²) in [5.41, 5.74) is 3.34. The Morgan fingerprint density at radius 1 is 1.33 bits per heavy atom. The molecule has 1 fully saturated rings. The van der Waals surface area contributed by atoms with Gasteiger partial charge in [-0.25, -0.2) is 4.68 Å². The number of carbonyl (C=O) groups excluding carboxylic acids is 1. The van der Waals surface area contributed by atoms with Crippen molar-refractivity contribution in [3.05, 3.63) is 47.3 Å². The van der Waals surface area contributed by atoms with Crippen molar-refractivity contribution in [1.82, 2.24) is 14.7 Å². The minimum atomic E-state index is -0.869. The number of aryl methyl sites for hydroxylation is 1. The molecule has 0 spiro atoms. The second-order valence-corrected chi connectivity index (χ2v) is 6.29. The molecule has 1 aliphatic heterocycles. The third-order valence-electron chi connectivity index (χ3n) is 4.53. The predicted molar refractivity (Wildman–Crippen MR) is 89.3 cm³/mol. The molecule has 6 nitrogen and oxygen atoms in total. The molecule has 0 saturated carbocycles. The van der Waals surface area contributed by atoms with Gasteiger partial charge in [0.25, 0.3) is 5.91 Å². The van der Waals surface area contributed by atoms with Gasteiger partial charge in [-0.3, -0.25) is 9.59 Å². The fourth-order valence-electron chi connectivity index (χ4n) is 3.31. The molecule has 1 saturated heterocycles. The van der Waals surface area contributed by atoms with Crippen molar-refractivity contribution in [1.29, 1.82) is 0 Å². The summed E-state index contributed by atoms with van der Waals surface area (Å²) in [6, 6.07) is 7.70. The van der Waals surface area contributed by atoms with Crippen molar-refractivity contribution in [2.45, 2.75) is 39.2 Å². The van der Waals surface area contributed by atoms with E-state index >= 15 is 0 Å². The van der Waals surface area contributed by atoms with Crippen LogP contribution in [0.25, 0.3) is 5.69 Å². The van der Waals surface area contributed by atoms with E-state index in [1.807, 2.05) is 38.1 Å². The van der Waals surface area contributed by atoms with E-state index in [1.54, 1.807) is 15.8 Å². The molecule has 0 bridgehead atoms. The van der Waals surface area contributed by atoms with E-state index in [0.29, 0.717) is 12.1 Å². The number of carboxylic acid groups (broad SMARTS) is 1. The average molecular weight is 327 g/mol. The monoisotopic (exact) mass is 327 g/mol. The maximum atomic E-state index is 12.9. The molecular weight excluding hydrogens is 306 g/mol. The van der Waals surface area contributed by atoms with Crippen LogP contribution in [-0.4, -0.2) is 44.3 Å². The molecular formula is C18H21N3O3. The van der Waals surface area contributed by atoms with Gasteiger partial charge in [-0.05, 0) is 44.4 Å². The van der Waals surface area contributed by atoms with Crippen LogP contribution in [0.5, 0.6) is 0 Å². The van der Waals surface area contributed by atoms with Gasteiger partial charge in [0.1, 0.15) is 0 Å². The lowest BCUT2D eigenvalue weighted by atomic mass is 10.1. The predicted octanol–water partition coefficient (Wildman–Crippen LogP) is 2.57. The van der Waals surface area contributed by atoms with Crippen molar-refractivity contribution >= 4 is 11.9 Å². The number of amides is 1. The first-order valence-electron chi connectivity index (χ1n) is 8.12. The highest BCUT2D eigenvalue weighted by Gasteiger charge is 2.32. The van der Waals surface area contributed by atoms with Gasteiger partial charge < -0.3 is 10.0 Å². The summed E-state index contributed by atoms with van der Waals surface area (Å²) in [7, 11) is 0. The van der Waals surface area contributed by atoms with E-state index in [9.17, 15) is 9.59 Å². The first kappa shape index (κ1) is 16.2. The molecule has 2 heterocycles. The molecule has 0 radical (unpaired) electrons. The number of hydrogen-bond acceptors (Lipinski definition) is 3. The summed E-state index contributed by atoms with van der Waals surface area (Å²) in [6.45, 7) is 4.48. The minimum Gasteiger partial charge on any atom is -0.481 e. The van der Waals surface area contributed by atoms with Crippen LogP contribution in [0.2, 0.25) is 0 Å². The average Bonchev–Trinajstić information content (AvgIpc) is 3.13. The molecule has 126 valence electrons. The highest BCUT2D eigenvalue weighted by Crippen LogP contribution is 2.24. The summed E-state index contributed by atoms with van der Waals surface area (Å²) >= 11 is 0. The molecule has 1 aliphatic rings. The molecule has 6 heteroatoms. The molecule has 1 N–H and O–H groups in total. The first-order chi connectivity index (χ1) is 11.5. The van der Waals surface area contributed by atoms with Gasteiger partial charge in [0, 0.05) is 12.6 Å². The van der Waals surface area contributed by atoms with Gasteiger partial charge in [0.2, 0.25) is 0 Å². The van der Waals surface area contributed by atoms with Gasteiger partial charge >= 0.3 is 5.97 Å². The van der Waals surface area contributed by atoms with Gasteiger partial charge in [0.05, 0.1) is 29.6 Å². The molecule has 1 unspecified atom stereocenters. The minimum absolute atomic E-state index is 0.00317. The Kier molecular flexibility index (Phi) is 4.38. The van der Waals surface area contributed by atoms with Crippen molar-refractivity contribution in [3.63, 3.8) is 0 Å². The van der Waals surface area contributed by atoms with E-state index < -0.39 is 5.97 Å². The van der Waals surface area contributed by atoms with Gasteiger partial charge in [-0.15, -0.1) is 0 Å². The molecule has 1 amide bonds. The number of likely N-dealkylation sites (tertiary alicyclic amines) is 1. The van der Waals surface area contributed by atoms with Crippen LogP contribution in [-0.2, 0) is 4.79 Å². The maximum absolute atomic E-state index is 12.9. The summed E-state index contributed by atoms with van der Waals surface area (Å²) in [6.07, 6.45) is 3.16. The largest absolute Gasteiger partial charge is 0.481 e. The lowest BCUT2D eigenvalue weighted by Crippen LogP contribution is -2.37. The zero-order chi connectivity index (χ0) is 17.3. The number of carbonyl (C=O) groups is 2. The third kappa shape index (κ3) is 3.04. The normalized spacial score (nSPS) is 17.2. The number of aliphatic carboxylic acids is 1. The smallest absolute Gasteiger partial charge is 0.305 e. The van der Waals surface area contributed by atoms with Gasteiger partial charge in [-0.2, -0.15) is 5.10 Å². The van der Waals surface area contributed by atoms with Crippen LogP contribution in [0.4, 0.5) is 0 Å². The Labute approximate surface area is 140 Å². The fraction of sp³-hybridized carbons (Fsp3) is 0.389. The Morgan fingerprint density at radius 3 is 2.83 bits per heavy atom. The third-order valence-corrected chi connectivity index (χ3v) is 4.53. The lowest BCUT2D eigenvalue weighted by molar-refractivity contribution is -0.137. The maximum Gasteiger partial charge on any atom is 0.305 e. The van der Waals surface area contributed by atoms with Crippen molar-refractivity contribution in [3.8, 4) is 5.69 Å². The highest BCUT2D eigenvalue weighted by atomic mass is 16.4. The van der Waals surface area contributed by atoms with Gasteiger partial charge in [-0.1, -0.05) is 12.1 Å². The summed E-state index contributed by atoms with van der Waals surface area (Å²) < 4.78 is 1.75. The molecule has 24 heavy (non-hydrogen) atoms. The Morgan fingerprint density at radius 2 is 2.12 bits per heavy atom. The number of carboxylic acids is 1. The molecule has 1 atom stereocenters. The molecule has 0 aliphatic carbocycles. The van der Waals surface area contributed by atoms with E-state index in [0.717, 1.165) is 29.8 Å². The number of benzene rings is 1. The molecule has 3 rings (SSSR count). The topological polar surface area (TPSA) is 75.4 Å². The van der Waals surface area contributed by atoms with Crippen LogP contribution < -0.4 is 0 Å². The second kappa shape index (κ2) is 6.47. The molecule has 1 aromatic heterocycles. The summed E-state index contributed by atoms with van der Waals surface area (Å²) in [5.74, 6) is -0.998. The first-order valence-corrected chi connectivity index (χ1v) is 8.12. The fourth-order valence-corrected chi connectivity index (χ4v) is 3.31. The van der Waals surface area contributed by atoms with E-state index in [1.165, 1.54) is 0 Å². The molecule has 1 aromatic carbocycles.